The Morgan fingerprint density at radius 3 is 2.86 bits per heavy atom. The first-order chi connectivity index (χ1) is 13.9. The fourth-order valence-electron chi connectivity index (χ4n) is 2.75. The molecule has 0 saturated carbocycles. The molecule has 150 valence electrons. The number of carbonyl (C=O) groups is 1. The maximum atomic E-state index is 13.0. The van der Waals surface area contributed by atoms with Crippen molar-refractivity contribution >= 4 is 39.0 Å². The Morgan fingerprint density at radius 2 is 2.14 bits per heavy atom. The molecule has 1 heterocycles. The molecule has 8 heteroatoms. The van der Waals surface area contributed by atoms with E-state index in [9.17, 15) is 9.59 Å². The first kappa shape index (κ1) is 20.7. The minimum atomic E-state index is -1.05. The average molecular weight is 458 g/mol. The number of nitrogens with zero attached hydrogens (tertiary/aromatic N) is 3. The number of hydrogen-bond acceptors (Lipinski definition) is 5. The van der Waals surface area contributed by atoms with Gasteiger partial charge in [0.15, 0.2) is 6.10 Å². The number of aromatic nitrogens is 2. The number of aryl methyl sites for hydroxylation is 1. The van der Waals surface area contributed by atoms with Crippen LogP contribution in [-0.4, -0.2) is 33.1 Å². The predicted molar refractivity (Wildman–Crippen MR) is 115 cm³/mol. The van der Waals surface area contributed by atoms with Crippen LogP contribution in [0.25, 0.3) is 10.9 Å². The molecule has 3 rings (SSSR count). The zero-order chi connectivity index (χ0) is 21.0. The summed E-state index contributed by atoms with van der Waals surface area (Å²) < 4.78 is 7.48. The van der Waals surface area contributed by atoms with Crippen LogP contribution in [0.1, 0.15) is 31.7 Å². The number of ether oxygens (including phenoxy) is 1. The molecule has 1 aromatic heterocycles. The van der Waals surface area contributed by atoms with Crippen LogP contribution in [0, 0.1) is 0 Å². The number of aliphatic carboxylic acids is 1. The Kier molecular flexibility index (Phi) is 6.43. The molecule has 2 aromatic carbocycles. The van der Waals surface area contributed by atoms with Crippen LogP contribution < -0.4 is 10.3 Å². The number of carboxylic acids is 1. The van der Waals surface area contributed by atoms with E-state index in [1.165, 1.54) is 17.8 Å². The molecular formula is C21H20BrN3O4. The Hall–Kier alpha value is -3.00. The Labute approximate surface area is 175 Å². The topological polar surface area (TPSA) is 93.8 Å². The van der Waals surface area contributed by atoms with Crippen molar-refractivity contribution in [2.45, 2.75) is 32.8 Å². The van der Waals surface area contributed by atoms with Gasteiger partial charge >= 0.3 is 5.97 Å². The van der Waals surface area contributed by atoms with Crippen molar-refractivity contribution < 1.29 is 14.6 Å². The molecule has 0 fully saturated rings. The SMILES string of the molecule is CCCc1nc2ccc(Br)cc2c(=O)n1N=Cc1cccc(O[C@@H](C)C(=O)O)c1. The van der Waals surface area contributed by atoms with Gasteiger partial charge in [-0.2, -0.15) is 9.78 Å². The minimum Gasteiger partial charge on any atom is -0.479 e. The third-order valence-corrected chi connectivity index (χ3v) is 4.68. The molecule has 0 saturated heterocycles. The highest BCUT2D eigenvalue weighted by molar-refractivity contribution is 9.10. The quantitative estimate of drug-likeness (QED) is 0.543. The van der Waals surface area contributed by atoms with Gasteiger partial charge < -0.3 is 9.84 Å². The van der Waals surface area contributed by atoms with Gasteiger partial charge in [-0.1, -0.05) is 35.0 Å². The summed E-state index contributed by atoms with van der Waals surface area (Å²) in [6, 6.07) is 12.2. The standard InChI is InChI=1S/C21H20BrN3O4/c1-3-5-19-24-18-9-8-15(22)11-17(18)20(26)25(19)23-12-14-6-4-7-16(10-14)29-13(2)21(27)28/h4,6-13H,3,5H2,1-2H3,(H,27,28)/t13-/m0/s1. The lowest BCUT2D eigenvalue weighted by Crippen LogP contribution is -2.23. The maximum Gasteiger partial charge on any atom is 0.344 e. The molecule has 0 bridgehead atoms. The molecule has 1 N–H and O–H groups in total. The van der Waals surface area contributed by atoms with Crippen molar-refractivity contribution in [3.8, 4) is 5.75 Å². The molecule has 3 aromatic rings. The Bertz CT molecular complexity index is 1140. The van der Waals surface area contributed by atoms with Gasteiger partial charge in [-0.05, 0) is 49.2 Å². The highest BCUT2D eigenvalue weighted by atomic mass is 79.9. The summed E-state index contributed by atoms with van der Waals surface area (Å²) in [5.74, 6) is -0.0609. The third-order valence-electron chi connectivity index (χ3n) is 4.19. The fourth-order valence-corrected chi connectivity index (χ4v) is 3.11. The molecule has 0 aliphatic rings. The number of fused-ring (bicyclic) bond motifs is 1. The zero-order valence-electron chi connectivity index (χ0n) is 16.0. The van der Waals surface area contributed by atoms with E-state index in [0.29, 0.717) is 34.5 Å². The lowest BCUT2D eigenvalue weighted by molar-refractivity contribution is -0.144. The van der Waals surface area contributed by atoms with Crippen molar-refractivity contribution in [1.29, 1.82) is 0 Å². The van der Waals surface area contributed by atoms with Crippen LogP contribution in [0.3, 0.4) is 0 Å². The number of hydrogen-bond donors (Lipinski definition) is 1. The van der Waals surface area contributed by atoms with Gasteiger partial charge in [0.05, 0.1) is 17.1 Å². The van der Waals surface area contributed by atoms with E-state index < -0.39 is 12.1 Å². The highest BCUT2D eigenvalue weighted by Crippen LogP contribution is 2.17. The van der Waals surface area contributed by atoms with E-state index in [4.69, 9.17) is 9.84 Å². The summed E-state index contributed by atoms with van der Waals surface area (Å²) in [7, 11) is 0. The molecule has 0 radical (unpaired) electrons. The number of halogens is 1. The Morgan fingerprint density at radius 1 is 1.34 bits per heavy atom. The Balaban J connectivity index is 2.00. The molecule has 0 spiro atoms. The number of carboxylic acid groups (broad SMARTS) is 1. The summed E-state index contributed by atoms with van der Waals surface area (Å²) in [6.45, 7) is 3.47. The third kappa shape index (κ3) is 4.89. The van der Waals surface area contributed by atoms with Crippen molar-refractivity contribution in [3.05, 3.63) is 68.7 Å². The summed E-state index contributed by atoms with van der Waals surface area (Å²) in [5.41, 5.74) is 1.05. The first-order valence-corrected chi connectivity index (χ1v) is 9.93. The summed E-state index contributed by atoms with van der Waals surface area (Å²) in [5, 5.41) is 13.8. The molecule has 7 nitrogen and oxygen atoms in total. The van der Waals surface area contributed by atoms with Gasteiger partial charge in [-0.15, -0.1) is 0 Å². The summed E-state index contributed by atoms with van der Waals surface area (Å²) in [4.78, 5) is 28.5. The molecule has 0 aliphatic carbocycles. The predicted octanol–water partition coefficient (Wildman–Crippen LogP) is 3.85. The molecule has 0 amide bonds. The van der Waals surface area contributed by atoms with Crippen molar-refractivity contribution in [2.75, 3.05) is 0 Å². The normalized spacial score (nSPS) is 12.4. The van der Waals surface area contributed by atoms with Gasteiger partial charge in [0, 0.05) is 10.9 Å². The van der Waals surface area contributed by atoms with Gasteiger partial charge in [0.2, 0.25) is 0 Å². The van der Waals surface area contributed by atoms with Gasteiger partial charge in [0.1, 0.15) is 11.6 Å². The molecule has 0 unspecified atom stereocenters. The van der Waals surface area contributed by atoms with Gasteiger partial charge in [-0.3, -0.25) is 4.79 Å². The second-order valence-corrected chi connectivity index (χ2v) is 7.39. The second kappa shape index (κ2) is 9.00. The van der Waals surface area contributed by atoms with Crippen LogP contribution in [0.15, 0.2) is 56.8 Å². The smallest absolute Gasteiger partial charge is 0.344 e. The second-order valence-electron chi connectivity index (χ2n) is 6.47. The summed E-state index contributed by atoms with van der Waals surface area (Å²) >= 11 is 3.38. The van der Waals surface area contributed by atoms with E-state index in [-0.39, 0.29) is 5.56 Å². The van der Waals surface area contributed by atoms with Crippen molar-refractivity contribution in [1.82, 2.24) is 9.66 Å². The van der Waals surface area contributed by atoms with Gasteiger partial charge in [0.25, 0.3) is 5.56 Å². The lowest BCUT2D eigenvalue weighted by Gasteiger charge is -2.11. The molecule has 1 atom stereocenters. The molecule has 0 aliphatic heterocycles. The highest BCUT2D eigenvalue weighted by Gasteiger charge is 2.13. The minimum absolute atomic E-state index is 0.247. The lowest BCUT2D eigenvalue weighted by atomic mass is 10.2. The van der Waals surface area contributed by atoms with Crippen molar-refractivity contribution in [3.63, 3.8) is 0 Å². The molecular weight excluding hydrogens is 438 g/mol. The van der Waals surface area contributed by atoms with Gasteiger partial charge in [-0.25, -0.2) is 9.78 Å². The van der Waals surface area contributed by atoms with Crippen LogP contribution in [0.4, 0.5) is 0 Å². The molecule has 29 heavy (non-hydrogen) atoms. The van der Waals surface area contributed by atoms with Crippen molar-refractivity contribution in [2.24, 2.45) is 5.10 Å². The van der Waals surface area contributed by atoms with Crippen LogP contribution in [-0.2, 0) is 11.2 Å². The van der Waals surface area contributed by atoms with E-state index in [2.05, 4.69) is 26.0 Å². The summed E-state index contributed by atoms with van der Waals surface area (Å²) in [6.07, 6.45) is 1.99. The van der Waals surface area contributed by atoms with E-state index in [1.54, 1.807) is 36.4 Å². The largest absolute Gasteiger partial charge is 0.479 e. The maximum absolute atomic E-state index is 13.0. The fraction of sp³-hybridized carbons (Fsp3) is 0.238. The zero-order valence-corrected chi connectivity index (χ0v) is 17.6. The van der Waals surface area contributed by atoms with E-state index >= 15 is 0 Å². The first-order valence-electron chi connectivity index (χ1n) is 9.14. The average Bonchev–Trinajstić information content (AvgIpc) is 2.69. The monoisotopic (exact) mass is 457 g/mol. The van der Waals surface area contributed by atoms with Crippen LogP contribution in [0.5, 0.6) is 5.75 Å². The van der Waals surface area contributed by atoms with E-state index in [0.717, 1.165) is 10.9 Å². The number of benzene rings is 2. The van der Waals surface area contributed by atoms with E-state index in [1.807, 2.05) is 13.0 Å². The van der Waals surface area contributed by atoms with Crippen LogP contribution >= 0.6 is 15.9 Å². The number of rotatable bonds is 7. The van der Waals surface area contributed by atoms with Crippen LogP contribution in [0.2, 0.25) is 0 Å².